The molecule has 0 spiro atoms. The van der Waals surface area contributed by atoms with Crippen LogP contribution in [0.15, 0.2) is 0 Å². The summed E-state index contributed by atoms with van der Waals surface area (Å²) >= 11 is 0. The number of barbiturate groups is 1. The van der Waals surface area contributed by atoms with E-state index in [4.69, 9.17) is 0 Å². The highest BCUT2D eigenvalue weighted by atomic mass is 16.2. The Morgan fingerprint density at radius 2 is 1.81 bits per heavy atom. The third kappa shape index (κ3) is 2.35. The van der Waals surface area contributed by atoms with Gasteiger partial charge in [-0.15, -0.1) is 0 Å². The highest BCUT2D eigenvalue weighted by Gasteiger charge is 2.49. The van der Waals surface area contributed by atoms with Crippen LogP contribution in [0.1, 0.15) is 39.5 Å². The van der Waals surface area contributed by atoms with Gasteiger partial charge in [-0.3, -0.25) is 24.7 Å². The summed E-state index contributed by atoms with van der Waals surface area (Å²) in [5, 5.41) is 2.37. The molecule has 3 atom stereocenters. The first kappa shape index (κ1) is 14.5. The average molecular weight is 293 g/mol. The molecule has 0 aliphatic carbocycles. The number of piperidine rings is 1. The molecular formula is C15H23N3O3. The Hall–Kier alpha value is -1.43. The van der Waals surface area contributed by atoms with Crippen LogP contribution in [0.25, 0.3) is 0 Å². The monoisotopic (exact) mass is 293 g/mol. The molecular weight excluding hydrogens is 270 g/mol. The Balaban J connectivity index is 1.84. The summed E-state index contributed by atoms with van der Waals surface area (Å²) in [5.74, 6) is -1.59. The first-order valence-corrected chi connectivity index (χ1v) is 7.92. The van der Waals surface area contributed by atoms with E-state index >= 15 is 0 Å². The van der Waals surface area contributed by atoms with Crippen LogP contribution in [-0.4, -0.2) is 52.8 Å². The lowest BCUT2D eigenvalue weighted by Crippen LogP contribution is -2.64. The van der Waals surface area contributed by atoms with Crippen LogP contribution in [0.4, 0.5) is 4.79 Å². The van der Waals surface area contributed by atoms with E-state index < -0.39 is 17.9 Å². The molecule has 1 N–H and O–H groups in total. The van der Waals surface area contributed by atoms with E-state index in [1.807, 2.05) is 13.8 Å². The zero-order valence-corrected chi connectivity index (χ0v) is 12.7. The molecule has 0 saturated carbocycles. The van der Waals surface area contributed by atoms with Gasteiger partial charge in [0.2, 0.25) is 11.8 Å². The summed E-state index contributed by atoms with van der Waals surface area (Å²) in [6.07, 6.45) is 4.19. The predicted octanol–water partition coefficient (Wildman–Crippen LogP) is 0.964. The number of amides is 4. The van der Waals surface area contributed by atoms with Gasteiger partial charge in [0.05, 0.1) is 6.04 Å². The van der Waals surface area contributed by atoms with E-state index in [2.05, 4.69) is 10.2 Å². The zero-order chi connectivity index (χ0) is 15.1. The summed E-state index contributed by atoms with van der Waals surface area (Å²) in [6, 6.07) is -0.332. The minimum absolute atomic E-state index is 0.0767. The van der Waals surface area contributed by atoms with E-state index in [9.17, 15) is 14.4 Å². The fourth-order valence-electron chi connectivity index (χ4n) is 4.03. The molecule has 3 unspecified atom stereocenters. The average Bonchev–Trinajstić information content (AvgIpc) is 2.82. The van der Waals surface area contributed by atoms with Crippen LogP contribution in [0, 0.1) is 11.8 Å². The summed E-state index contributed by atoms with van der Waals surface area (Å²) in [4.78, 5) is 40.5. The van der Waals surface area contributed by atoms with Crippen LogP contribution >= 0.6 is 0 Å². The minimum atomic E-state index is -0.736. The first-order valence-electron chi connectivity index (χ1n) is 7.92. The van der Waals surface area contributed by atoms with E-state index in [-0.39, 0.29) is 23.9 Å². The lowest BCUT2D eigenvalue weighted by atomic mass is 9.90. The number of carbonyl (C=O) groups excluding carboxylic acids is 3. The van der Waals surface area contributed by atoms with E-state index in [0.29, 0.717) is 0 Å². The van der Waals surface area contributed by atoms with E-state index in [1.165, 1.54) is 11.3 Å². The van der Waals surface area contributed by atoms with Crippen molar-refractivity contribution in [2.45, 2.75) is 51.6 Å². The molecule has 3 heterocycles. The largest absolute Gasteiger partial charge is 0.331 e. The molecule has 6 nitrogen and oxygen atoms in total. The van der Waals surface area contributed by atoms with Crippen molar-refractivity contribution in [2.75, 3.05) is 13.1 Å². The number of nitrogens with one attached hydrogen (secondary N) is 1. The second-order valence-corrected chi connectivity index (χ2v) is 6.68. The molecule has 0 aromatic carbocycles. The molecule has 4 amide bonds. The van der Waals surface area contributed by atoms with Gasteiger partial charge in [0.25, 0.3) is 0 Å². The Morgan fingerprint density at radius 3 is 2.52 bits per heavy atom. The second-order valence-electron chi connectivity index (χ2n) is 6.68. The number of carbonyl (C=O) groups is 3. The van der Waals surface area contributed by atoms with Gasteiger partial charge in [0, 0.05) is 12.6 Å². The van der Waals surface area contributed by atoms with Gasteiger partial charge >= 0.3 is 6.03 Å². The standard InChI is InChI=1S/C15H23N3O3/c1-9(2)12-13(19)16-15(21)18(14(12)20)11-6-8-17-7-4-3-5-10(11)17/h9-12H,3-8H2,1-2H3,(H,16,19,21). The molecule has 0 aromatic rings. The van der Waals surface area contributed by atoms with Gasteiger partial charge < -0.3 is 0 Å². The quantitative estimate of drug-likeness (QED) is 0.770. The molecule has 0 bridgehead atoms. The Morgan fingerprint density at radius 1 is 1.05 bits per heavy atom. The number of hydrogen-bond donors (Lipinski definition) is 1. The molecule has 3 aliphatic rings. The van der Waals surface area contributed by atoms with Gasteiger partial charge in [-0.2, -0.15) is 0 Å². The highest BCUT2D eigenvalue weighted by Crippen LogP contribution is 2.33. The Bertz CT molecular complexity index is 477. The number of imide groups is 2. The molecule has 3 rings (SSSR count). The summed E-state index contributed by atoms with van der Waals surface area (Å²) in [7, 11) is 0. The maximum Gasteiger partial charge on any atom is 0.331 e. The Kier molecular flexibility index (Phi) is 3.73. The van der Waals surface area contributed by atoms with Crippen LogP contribution in [0.2, 0.25) is 0 Å². The molecule has 3 aliphatic heterocycles. The lowest BCUT2D eigenvalue weighted by Gasteiger charge is -2.40. The van der Waals surface area contributed by atoms with Crippen molar-refractivity contribution in [3.05, 3.63) is 0 Å². The minimum Gasteiger partial charge on any atom is -0.298 e. The van der Waals surface area contributed by atoms with Gasteiger partial charge in [0.1, 0.15) is 5.92 Å². The number of rotatable bonds is 2. The topological polar surface area (TPSA) is 69.7 Å². The molecule has 3 fully saturated rings. The van der Waals surface area contributed by atoms with E-state index in [0.717, 1.165) is 32.4 Å². The van der Waals surface area contributed by atoms with Gasteiger partial charge in [-0.05, 0) is 31.7 Å². The normalized spacial score (nSPS) is 34.3. The SMILES string of the molecule is CC(C)C1C(=O)NC(=O)N(C2CCN3CCCCC23)C1=O. The van der Waals surface area contributed by atoms with Crippen molar-refractivity contribution >= 4 is 17.8 Å². The van der Waals surface area contributed by atoms with Crippen molar-refractivity contribution < 1.29 is 14.4 Å². The second kappa shape index (κ2) is 5.40. The third-order valence-electron chi connectivity index (χ3n) is 5.05. The summed E-state index contributed by atoms with van der Waals surface area (Å²) in [6.45, 7) is 5.68. The first-order chi connectivity index (χ1) is 10.0. The van der Waals surface area contributed by atoms with Crippen LogP contribution in [0.5, 0.6) is 0 Å². The number of hydrogen-bond acceptors (Lipinski definition) is 4. The van der Waals surface area contributed by atoms with Crippen molar-refractivity contribution in [3.8, 4) is 0 Å². The zero-order valence-electron chi connectivity index (χ0n) is 12.7. The maximum atomic E-state index is 12.7. The van der Waals surface area contributed by atoms with Gasteiger partial charge in [-0.25, -0.2) is 4.79 Å². The van der Waals surface area contributed by atoms with Gasteiger partial charge in [0.15, 0.2) is 0 Å². The maximum absolute atomic E-state index is 12.7. The summed E-state index contributed by atoms with van der Waals surface area (Å²) in [5.41, 5.74) is 0. The molecule has 6 heteroatoms. The van der Waals surface area contributed by atoms with E-state index in [1.54, 1.807) is 0 Å². The fraction of sp³-hybridized carbons (Fsp3) is 0.800. The van der Waals surface area contributed by atoms with Crippen LogP contribution in [-0.2, 0) is 9.59 Å². The molecule has 3 saturated heterocycles. The molecule has 116 valence electrons. The predicted molar refractivity (Wildman–Crippen MR) is 76.3 cm³/mol. The number of urea groups is 1. The summed E-state index contributed by atoms with van der Waals surface area (Å²) < 4.78 is 0. The highest BCUT2D eigenvalue weighted by molar-refractivity contribution is 6.16. The van der Waals surface area contributed by atoms with Crippen LogP contribution in [0.3, 0.4) is 0 Å². The van der Waals surface area contributed by atoms with Crippen molar-refractivity contribution in [1.29, 1.82) is 0 Å². The number of fused-ring (bicyclic) bond motifs is 1. The van der Waals surface area contributed by atoms with Crippen molar-refractivity contribution in [1.82, 2.24) is 15.1 Å². The third-order valence-corrected chi connectivity index (χ3v) is 5.05. The van der Waals surface area contributed by atoms with Gasteiger partial charge in [-0.1, -0.05) is 20.3 Å². The molecule has 0 aromatic heterocycles. The molecule has 21 heavy (non-hydrogen) atoms. The van der Waals surface area contributed by atoms with Crippen LogP contribution < -0.4 is 5.32 Å². The smallest absolute Gasteiger partial charge is 0.298 e. The number of nitrogens with zero attached hydrogens (tertiary/aromatic N) is 2. The lowest BCUT2D eigenvalue weighted by molar-refractivity contribution is -0.146. The Labute approximate surface area is 124 Å². The van der Waals surface area contributed by atoms with Crippen molar-refractivity contribution in [3.63, 3.8) is 0 Å². The van der Waals surface area contributed by atoms with Crippen molar-refractivity contribution in [2.24, 2.45) is 11.8 Å². The fourth-order valence-corrected chi connectivity index (χ4v) is 4.03. The molecule has 0 radical (unpaired) electrons.